The fourth-order valence-electron chi connectivity index (χ4n) is 1.71. The first-order valence-corrected chi connectivity index (χ1v) is 5.00. The van der Waals surface area contributed by atoms with E-state index in [1.54, 1.807) is 0 Å². The first kappa shape index (κ1) is 10.9. The summed E-state index contributed by atoms with van der Waals surface area (Å²) < 4.78 is 26.2. The second-order valence-corrected chi connectivity index (χ2v) is 4.55. The molecule has 1 aliphatic rings. The van der Waals surface area contributed by atoms with Crippen LogP contribution in [-0.2, 0) is 0 Å². The maximum absolute atomic E-state index is 13.1. The molecule has 0 amide bonds. The number of nitrogens with zero attached hydrogens (tertiary/aromatic N) is 1. The Kier molecular flexibility index (Phi) is 2.95. The smallest absolute Gasteiger partial charge is 0.260 e. The van der Waals surface area contributed by atoms with Crippen molar-refractivity contribution in [2.24, 2.45) is 0 Å². The fraction of sp³-hybridized carbons (Fsp3) is 1.00. The molecular weight excluding hydrogens is 172 g/mol. The highest BCUT2D eigenvalue weighted by molar-refractivity contribution is 4.87. The average Bonchev–Trinajstić information content (AvgIpc) is 2.03. The van der Waals surface area contributed by atoms with Gasteiger partial charge in [0, 0.05) is 12.0 Å². The molecule has 1 rings (SSSR count). The number of piperidine rings is 1. The van der Waals surface area contributed by atoms with Crippen LogP contribution in [0.25, 0.3) is 0 Å². The molecule has 0 unspecified atom stereocenters. The molecule has 0 atom stereocenters. The lowest BCUT2D eigenvalue weighted by molar-refractivity contribution is -0.0897. The molecule has 0 bridgehead atoms. The first-order valence-electron chi connectivity index (χ1n) is 5.00. The molecule has 1 nitrogen and oxygen atoms in total. The molecule has 1 heterocycles. The minimum atomic E-state index is -2.47. The molecule has 1 saturated heterocycles. The monoisotopic (exact) mass is 191 g/mol. The second kappa shape index (κ2) is 3.52. The number of likely N-dealkylation sites (tertiary alicyclic amines) is 1. The molecule has 0 aliphatic carbocycles. The third kappa shape index (κ3) is 2.63. The van der Waals surface area contributed by atoms with Gasteiger partial charge in [-0.15, -0.1) is 0 Å². The minimum absolute atomic E-state index is 0.0588. The Labute approximate surface area is 79.1 Å². The van der Waals surface area contributed by atoms with Gasteiger partial charge in [0.2, 0.25) is 0 Å². The zero-order valence-electron chi connectivity index (χ0n) is 8.74. The number of alkyl halides is 2. The van der Waals surface area contributed by atoms with Crippen LogP contribution in [-0.4, -0.2) is 29.5 Å². The summed E-state index contributed by atoms with van der Waals surface area (Å²) in [4.78, 5) is 1.91. The van der Waals surface area contributed by atoms with E-state index in [9.17, 15) is 8.78 Å². The van der Waals surface area contributed by atoms with Crippen molar-refractivity contribution in [3.8, 4) is 0 Å². The van der Waals surface area contributed by atoms with Crippen LogP contribution in [0.4, 0.5) is 8.78 Å². The van der Waals surface area contributed by atoms with Crippen molar-refractivity contribution in [2.45, 2.75) is 51.5 Å². The molecule has 0 aromatic heterocycles. The van der Waals surface area contributed by atoms with Crippen molar-refractivity contribution in [3.05, 3.63) is 0 Å². The lowest BCUT2D eigenvalue weighted by atomic mass is 9.95. The SMILES string of the molecule is CCC(C)(C)N1CCCC(F)(F)C1. The summed E-state index contributed by atoms with van der Waals surface area (Å²) in [7, 11) is 0. The van der Waals surface area contributed by atoms with E-state index >= 15 is 0 Å². The predicted molar refractivity (Wildman–Crippen MR) is 50.1 cm³/mol. The van der Waals surface area contributed by atoms with E-state index in [4.69, 9.17) is 0 Å². The molecule has 0 spiro atoms. The lowest BCUT2D eigenvalue weighted by Gasteiger charge is -2.43. The van der Waals surface area contributed by atoms with Crippen molar-refractivity contribution in [2.75, 3.05) is 13.1 Å². The number of hydrogen-bond donors (Lipinski definition) is 0. The Morgan fingerprint density at radius 1 is 1.38 bits per heavy atom. The molecule has 0 radical (unpaired) electrons. The van der Waals surface area contributed by atoms with E-state index in [0.29, 0.717) is 6.42 Å². The molecular formula is C10H19F2N. The van der Waals surface area contributed by atoms with Crippen molar-refractivity contribution in [3.63, 3.8) is 0 Å². The van der Waals surface area contributed by atoms with Gasteiger partial charge in [0.25, 0.3) is 5.92 Å². The van der Waals surface area contributed by atoms with Crippen molar-refractivity contribution in [1.29, 1.82) is 0 Å². The van der Waals surface area contributed by atoms with Gasteiger partial charge in [-0.1, -0.05) is 6.92 Å². The highest BCUT2D eigenvalue weighted by Gasteiger charge is 2.39. The van der Waals surface area contributed by atoms with E-state index in [-0.39, 0.29) is 18.5 Å². The summed E-state index contributed by atoms with van der Waals surface area (Å²) in [6.07, 6.45) is 1.60. The third-order valence-electron chi connectivity index (χ3n) is 3.11. The molecule has 13 heavy (non-hydrogen) atoms. The van der Waals surface area contributed by atoms with Crippen molar-refractivity contribution < 1.29 is 8.78 Å². The van der Waals surface area contributed by atoms with E-state index in [0.717, 1.165) is 13.0 Å². The van der Waals surface area contributed by atoms with Gasteiger partial charge in [0.1, 0.15) is 0 Å². The van der Waals surface area contributed by atoms with Crippen LogP contribution in [0, 0.1) is 0 Å². The van der Waals surface area contributed by atoms with Crippen LogP contribution >= 0.6 is 0 Å². The van der Waals surface area contributed by atoms with Gasteiger partial charge < -0.3 is 0 Å². The van der Waals surface area contributed by atoms with Gasteiger partial charge >= 0.3 is 0 Å². The summed E-state index contributed by atoms with van der Waals surface area (Å²) in [5, 5.41) is 0. The van der Waals surface area contributed by atoms with Crippen LogP contribution in [0.1, 0.15) is 40.0 Å². The van der Waals surface area contributed by atoms with Crippen molar-refractivity contribution >= 4 is 0 Å². The highest BCUT2D eigenvalue weighted by atomic mass is 19.3. The van der Waals surface area contributed by atoms with Crippen LogP contribution in [0.2, 0.25) is 0 Å². The van der Waals surface area contributed by atoms with Crippen LogP contribution in [0.3, 0.4) is 0 Å². The van der Waals surface area contributed by atoms with Gasteiger partial charge in [0.15, 0.2) is 0 Å². The van der Waals surface area contributed by atoms with Gasteiger partial charge in [-0.3, -0.25) is 4.90 Å². The standard InChI is InChI=1S/C10H19F2N/c1-4-9(2,3)13-7-5-6-10(11,12)8-13/h4-8H2,1-3H3. The van der Waals surface area contributed by atoms with E-state index in [1.165, 1.54) is 0 Å². The Bertz CT molecular complexity index is 178. The lowest BCUT2D eigenvalue weighted by Crippen LogP contribution is -2.52. The zero-order valence-corrected chi connectivity index (χ0v) is 8.74. The van der Waals surface area contributed by atoms with Gasteiger partial charge in [-0.2, -0.15) is 0 Å². The number of hydrogen-bond acceptors (Lipinski definition) is 1. The highest BCUT2D eigenvalue weighted by Crippen LogP contribution is 2.31. The van der Waals surface area contributed by atoms with E-state index < -0.39 is 5.92 Å². The Morgan fingerprint density at radius 3 is 2.46 bits per heavy atom. The Morgan fingerprint density at radius 2 is 2.00 bits per heavy atom. The van der Waals surface area contributed by atoms with Crippen molar-refractivity contribution in [1.82, 2.24) is 4.90 Å². The van der Waals surface area contributed by atoms with E-state index in [2.05, 4.69) is 0 Å². The molecule has 0 aromatic carbocycles. The fourth-order valence-corrected chi connectivity index (χ4v) is 1.71. The molecule has 0 aromatic rings. The summed E-state index contributed by atoms with van der Waals surface area (Å²) in [5.41, 5.74) is -0.0795. The van der Waals surface area contributed by atoms with Gasteiger partial charge in [-0.05, 0) is 33.2 Å². The summed E-state index contributed by atoms with van der Waals surface area (Å²) in [6.45, 7) is 6.87. The largest absolute Gasteiger partial charge is 0.292 e. The molecule has 0 saturated carbocycles. The topological polar surface area (TPSA) is 3.24 Å². The van der Waals surface area contributed by atoms with Gasteiger partial charge in [-0.25, -0.2) is 8.78 Å². The average molecular weight is 191 g/mol. The molecule has 1 fully saturated rings. The molecule has 1 aliphatic heterocycles. The van der Waals surface area contributed by atoms with Gasteiger partial charge in [0.05, 0.1) is 6.54 Å². The second-order valence-electron chi connectivity index (χ2n) is 4.55. The van der Waals surface area contributed by atoms with Crippen LogP contribution in [0.5, 0.6) is 0 Å². The Balaban J connectivity index is 2.61. The summed E-state index contributed by atoms with van der Waals surface area (Å²) >= 11 is 0. The normalized spacial score (nSPS) is 24.7. The number of halogens is 2. The zero-order chi connectivity index (χ0) is 10.1. The summed E-state index contributed by atoms with van der Waals surface area (Å²) in [6, 6.07) is 0. The molecule has 0 N–H and O–H groups in total. The van der Waals surface area contributed by atoms with Crippen LogP contribution in [0.15, 0.2) is 0 Å². The van der Waals surface area contributed by atoms with E-state index in [1.807, 2.05) is 25.7 Å². The number of rotatable bonds is 2. The first-order chi connectivity index (χ1) is 5.87. The third-order valence-corrected chi connectivity index (χ3v) is 3.11. The maximum atomic E-state index is 13.1. The molecule has 3 heteroatoms. The molecule has 78 valence electrons. The summed E-state index contributed by atoms with van der Waals surface area (Å²) in [5.74, 6) is -2.47. The maximum Gasteiger partial charge on any atom is 0.260 e. The Hall–Kier alpha value is -0.180. The predicted octanol–water partition coefficient (Wildman–Crippen LogP) is 2.91. The van der Waals surface area contributed by atoms with Crippen LogP contribution < -0.4 is 0 Å². The quantitative estimate of drug-likeness (QED) is 0.648. The minimum Gasteiger partial charge on any atom is -0.292 e.